The first-order chi connectivity index (χ1) is 15.0. The average molecular weight is 438 g/mol. The minimum Gasteiger partial charge on any atom is -0.495 e. The molecule has 0 aliphatic carbocycles. The number of aromatic nitrogens is 1. The van der Waals surface area contributed by atoms with Crippen LogP contribution in [0.4, 0.5) is 5.69 Å². The largest absolute Gasteiger partial charge is 0.495 e. The molecule has 1 N–H and O–H groups in total. The highest BCUT2D eigenvalue weighted by Gasteiger charge is 2.31. The Balaban J connectivity index is 1.60. The topological polar surface area (TPSA) is 88.6 Å². The Morgan fingerprint density at radius 2 is 1.87 bits per heavy atom. The highest BCUT2D eigenvalue weighted by molar-refractivity contribution is 7.92. The van der Waals surface area contributed by atoms with E-state index in [4.69, 9.17) is 4.74 Å². The number of likely N-dealkylation sites (tertiary alicyclic amines) is 1. The van der Waals surface area contributed by atoms with Crippen molar-refractivity contribution in [3.05, 3.63) is 84.2 Å². The molecule has 0 saturated carbocycles. The summed E-state index contributed by atoms with van der Waals surface area (Å²) in [6.45, 7) is 0.627. The van der Waals surface area contributed by atoms with Crippen LogP contribution < -0.4 is 9.46 Å². The summed E-state index contributed by atoms with van der Waals surface area (Å²) < 4.78 is 33.7. The smallest absolute Gasteiger partial charge is 0.262 e. The molecule has 1 saturated heterocycles. The summed E-state index contributed by atoms with van der Waals surface area (Å²) in [5.74, 6) is 0.226. The number of pyridine rings is 1. The lowest BCUT2D eigenvalue weighted by Crippen LogP contribution is -2.30. The number of sulfonamides is 1. The van der Waals surface area contributed by atoms with Gasteiger partial charge in [0.1, 0.15) is 5.75 Å². The van der Waals surface area contributed by atoms with Crippen molar-refractivity contribution in [1.29, 1.82) is 0 Å². The van der Waals surface area contributed by atoms with Gasteiger partial charge in [0, 0.05) is 24.5 Å². The maximum absolute atomic E-state index is 13.2. The number of nitrogens with one attached hydrogen (secondary N) is 1. The number of benzene rings is 2. The van der Waals surface area contributed by atoms with Gasteiger partial charge >= 0.3 is 0 Å². The maximum Gasteiger partial charge on any atom is 0.262 e. The molecule has 1 aliphatic heterocycles. The quantitative estimate of drug-likeness (QED) is 0.632. The van der Waals surface area contributed by atoms with Gasteiger partial charge in [-0.15, -0.1) is 0 Å². The third kappa shape index (κ3) is 4.39. The standard InChI is InChI=1S/C23H23N3O4S/c1-30-22-10-3-2-8-20(22)25-31(28,29)19-7-4-6-18(16-19)23(27)26-15-5-9-21(26)17-11-13-24-14-12-17/h2-4,6-8,10-14,16,21,25H,5,9,15H2,1H3. The molecule has 0 radical (unpaired) electrons. The second-order valence-electron chi connectivity index (χ2n) is 7.27. The zero-order valence-electron chi connectivity index (χ0n) is 17.1. The second kappa shape index (κ2) is 8.77. The molecule has 1 unspecified atom stereocenters. The van der Waals surface area contributed by atoms with E-state index in [-0.39, 0.29) is 16.8 Å². The van der Waals surface area contributed by atoms with E-state index in [9.17, 15) is 13.2 Å². The van der Waals surface area contributed by atoms with Gasteiger partial charge < -0.3 is 9.64 Å². The summed E-state index contributed by atoms with van der Waals surface area (Å²) in [7, 11) is -2.43. The Labute approximate surface area is 181 Å². The molecule has 0 bridgehead atoms. The minimum atomic E-state index is -3.90. The molecule has 1 fully saturated rings. The van der Waals surface area contributed by atoms with Gasteiger partial charge in [-0.1, -0.05) is 18.2 Å². The molecule has 2 aromatic carbocycles. The van der Waals surface area contributed by atoms with Crippen molar-refractivity contribution in [3.63, 3.8) is 0 Å². The summed E-state index contributed by atoms with van der Waals surface area (Å²) in [5.41, 5.74) is 1.70. The molecule has 31 heavy (non-hydrogen) atoms. The van der Waals surface area contributed by atoms with Crippen LogP contribution in [-0.2, 0) is 10.0 Å². The fourth-order valence-electron chi connectivity index (χ4n) is 3.84. The lowest BCUT2D eigenvalue weighted by atomic mass is 10.1. The van der Waals surface area contributed by atoms with Crippen LogP contribution in [0.1, 0.15) is 34.8 Å². The average Bonchev–Trinajstić information content (AvgIpc) is 3.29. The van der Waals surface area contributed by atoms with Gasteiger partial charge in [-0.25, -0.2) is 8.42 Å². The van der Waals surface area contributed by atoms with E-state index in [1.54, 1.807) is 53.7 Å². The lowest BCUT2D eigenvalue weighted by Gasteiger charge is -2.25. The van der Waals surface area contributed by atoms with Crippen LogP contribution >= 0.6 is 0 Å². The van der Waals surface area contributed by atoms with Crippen molar-refractivity contribution in [3.8, 4) is 5.75 Å². The predicted octanol–water partition coefficient (Wildman–Crippen LogP) is 3.87. The van der Waals surface area contributed by atoms with Gasteiger partial charge in [0.25, 0.3) is 15.9 Å². The number of ether oxygens (including phenoxy) is 1. The molecule has 7 nitrogen and oxygen atoms in total. The summed E-state index contributed by atoms with van der Waals surface area (Å²) in [6, 6.07) is 16.7. The third-order valence-electron chi connectivity index (χ3n) is 5.35. The molecule has 1 amide bonds. The fraction of sp³-hybridized carbons (Fsp3) is 0.217. The molecule has 1 aliphatic rings. The third-order valence-corrected chi connectivity index (χ3v) is 6.71. The molecule has 8 heteroatoms. The Bertz CT molecular complexity index is 1180. The van der Waals surface area contributed by atoms with Crippen LogP contribution in [-0.4, -0.2) is 37.9 Å². The lowest BCUT2D eigenvalue weighted by molar-refractivity contribution is 0.0735. The van der Waals surface area contributed by atoms with E-state index >= 15 is 0 Å². The Hall–Kier alpha value is -3.39. The van der Waals surface area contributed by atoms with Crippen molar-refractivity contribution < 1.29 is 17.9 Å². The first kappa shape index (κ1) is 20.9. The number of carbonyl (C=O) groups is 1. The Kier molecular flexibility index (Phi) is 5.90. The molecule has 2 heterocycles. The van der Waals surface area contributed by atoms with Crippen molar-refractivity contribution in [2.24, 2.45) is 0 Å². The summed E-state index contributed by atoms with van der Waals surface area (Å²) >= 11 is 0. The summed E-state index contributed by atoms with van der Waals surface area (Å²) in [5, 5.41) is 0. The number of para-hydroxylation sites is 2. The molecule has 4 rings (SSSR count). The van der Waals surface area contributed by atoms with Gasteiger partial charge in [-0.05, 0) is 60.9 Å². The zero-order chi connectivity index (χ0) is 21.8. The van der Waals surface area contributed by atoms with E-state index in [0.29, 0.717) is 23.5 Å². The fourth-order valence-corrected chi connectivity index (χ4v) is 4.95. The Morgan fingerprint density at radius 3 is 2.65 bits per heavy atom. The van der Waals surface area contributed by atoms with Crippen LogP contribution in [0.2, 0.25) is 0 Å². The van der Waals surface area contributed by atoms with Crippen LogP contribution in [0.15, 0.2) is 78.0 Å². The number of amides is 1. The highest BCUT2D eigenvalue weighted by atomic mass is 32.2. The number of carbonyl (C=O) groups excluding carboxylic acids is 1. The molecule has 3 aromatic rings. The summed E-state index contributed by atoms with van der Waals surface area (Å²) in [4.78, 5) is 19.1. The minimum absolute atomic E-state index is 0.0175. The SMILES string of the molecule is COc1ccccc1NS(=O)(=O)c1cccc(C(=O)N2CCCC2c2ccncc2)c1. The van der Waals surface area contributed by atoms with E-state index in [0.717, 1.165) is 18.4 Å². The first-order valence-electron chi connectivity index (χ1n) is 9.96. The number of rotatable bonds is 6. The van der Waals surface area contributed by atoms with Gasteiger partial charge in [-0.3, -0.25) is 14.5 Å². The molecule has 1 aromatic heterocycles. The van der Waals surface area contributed by atoms with Gasteiger partial charge in [-0.2, -0.15) is 0 Å². The zero-order valence-corrected chi connectivity index (χ0v) is 17.9. The van der Waals surface area contributed by atoms with Crippen LogP contribution in [0.25, 0.3) is 0 Å². The van der Waals surface area contributed by atoms with Crippen molar-refractivity contribution in [2.75, 3.05) is 18.4 Å². The van der Waals surface area contributed by atoms with Gasteiger partial charge in [0.2, 0.25) is 0 Å². The second-order valence-corrected chi connectivity index (χ2v) is 8.95. The first-order valence-corrected chi connectivity index (χ1v) is 11.4. The van der Waals surface area contributed by atoms with E-state index < -0.39 is 10.0 Å². The highest BCUT2D eigenvalue weighted by Crippen LogP contribution is 2.33. The maximum atomic E-state index is 13.2. The van der Waals surface area contributed by atoms with Crippen molar-refractivity contribution >= 4 is 21.6 Å². The number of hydrogen-bond acceptors (Lipinski definition) is 5. The van der Waals surface area contributed by atoms with Crippen LogP contribution in [0.3, 0.4) is 0 Å². The van der Waals surface area contributed by atoms with Crippen molar-refractivity contribution in [1.82, 2.24) is 9.88 Å². The van der Waals surface area contributed by atoms with E-state index in [1.807, 2.05) is 12.1 Å². The van der Waals surface area contributed by atoms with Crippen LogP contribution in [0, 0.1) is 0 Å². The van der Waals surface area contributed by atoms with Gasteiger partial charge in [0.05, 0.1) is 23.7 Å². The molecule has 1 atom stereocenters. The number of nitrogens with zero attached hydrogens (tertiary/aromatic N) is 2. The van der Waals surface area contributed by atoms with Crippen molar-refractivity contribution in [2.45, 2.75) is 23.8 Å². The Morgan fingerprint density at radius 1 is 1.10 bits per heavy atom. The number of anilines is 1. The molecular formula is C23H23N3O4S. The molecule has 0 spiro atoms. The number of methoxy groups -OCH3 is 1. The summed E-state index contributed by atoms with van der Waals surface area (Å²) in [6.07, 6.45) is 5.19. The number of hydrogen-bond donors (Lipinski definition) is 1. The predicted molar refractivity (Wildman–Crippen MR) is 117 cm³/mol. The molecule has 160 valence electrons. The van der Waals surface area contributed by atoms with E-state index in [1.165, 1.54) is 19.2 Å². The van der Waals surface area contributed by atoms with Gasteiger partial charge in [0.15, 0.2) is 0 Å². The normalized spacial score (nSPS) is 16.2. The monoisotopic (exact) mass is 437 g/mol. The van der Waals surface area contributed by atoms with Crippen LogP contribution in [0.5, 0.6) is 5.75 Å². The molecular weight excluding hydrogens is 414 g/mol. The van der Waals surface area contributed by atoms with E-state index in [2.05, 4.69) is 9.71 Å².